The summed E-state index contributed by atoms with van der Waals surface area (Å²) in [7, 11) is 3.51. The standard InChI is InChI=1S/C29H34N4O3/c1-17-13-18(2)23(28-31-24-10-12-36-16-26(24)32-28)15-22(17)27(34)25-14-21(9-11-30-25)19-5-7-20(8-6-19)29(35)33(3)4/h5-8,13,15,21,25,30H,9-12,14,16H2,1-4H3,(H,31,32). The van der Waals surface area contributed by atoms with Crippen LogP contribution in [0.15, 0.2) is 36.4 Å². The molecule has 2 unspecified atom stereocenters. The van der Waals surface area contributed by atoms with E-state index in [2.05, 4.69) is 23.3 Å². The number of nitrogens with zero attached hydrogens (tertiary/aromatic N) is 2. The first-order valence-electron chi connectivity index (χ1n) is 12.7. The number of aromatic nitrogens is 2. The minimum Gasteiger partial charge on any atom is -0.375 e. The average Bonchev–Trinajstić information content (AvgIpc) is 3.32. The van der Waals surface area contributed by atoms with Gasteiger partial charge in [0.2, 0.25) is 0 Å². The fourth-order valence-corrected chi connectivity index (χ4v) is 5.38. The Hall–Kier alpha value is -3.29. The number of aromatic amines is 1. The van der Waals surface area contributed by atoms with Crippen molar-refractivity contribution < 1.29 is 14.3 Å². The maximum Gasteiger partial charge on any atom is 0.253 e. The molecule has 2 atom stereocenters. The van der Waals surface area contributed by atoms with Crippen LogP contribution >= 0.6 is 0 Å². The molecule has 7 heteroatoms. The molecule has 1 saturated heterocycles. The number of carbonyl (C=O) groups excluding carboxylic acids is 2. The highest BCUT2D eigenvalue weighted by molar-refractivity contribution is 6.02. The fraction of sp³-hybridized carbons (Fsp3) is 0.414. The van der Waals surface area contributed by atoms with E-state index in [1.807, 2.05) is 37.3 Å². The number of benzene rings is 2. The Labute approximate surface area is 212 Å². The zero-order valence-corrected chi connectivity index (χ0v) is 21.5. The molecule has 5 rings (SSSR count). The summed E-state index contributed by atoms with van der Waals surface area (Å²) in [5.41, 5.74) is 7.72. The minimum absolute atomic E-state index is 0.00417. The van der Waals surface area contributed by atoms with Crippen LogP contribution in [0, 0.1) is 13.8 Å². The molecule has 1 amide bonds. The molecule has 2 aliphatic heterocycles. The predicted octanol–water partition coefficient (Wildman–Crippen LogP) is 4.19. The smallest absolute Gasteiger partial charge is 0.253 e. The van der Waals surface area contributed by atoms with Gasteiger partial charge in [-0.2, -0.15) is 0 Å². The van der Waals surface area contributed by atoms with Gasteiger partial charge in [0, 0.05) is 37.2 Å². The summed E-state index contributed by atoms with van der Waals surface area (Å²) in [5, 5.41) is 3.45. The van der Waals surface area contributed by atoms with Crippen molar-refractivity contribution >= 4 is 11.7 Å². The third-order valence-electron chi connectivity index (χ3n) is 7.44. The third kappa shape index (κ3) is 4.73. The number of fused-ring (bicyclic) bond motifs is 1. The van der Waals surface area contributed by atoms with E-state index in [1.165, 1.54) is 5.56 Å². The number of piperidine rings is 1. The van der Waals surface area contributed by atoms with Crippen molar-refractivity contribution in [3.63, 3.8) is 0 Å². The molecular formula is C29H34N4O3. The van der Waals surface area contributed by atoms with Crippen LogP contribution in [0.2, 0.25) is 0 Å². The number of rotatable bonds is 5. The molecule has 2 aliphatic rings. The number of Topliss-reactive ketones (excluding diaryl/α,β-unsaturated/α-hetero) is 1. The first kappa shape index (κ1) is 24.4. The SMILES string of the molecule is Cc1cc(C)c(-c2nc3c([nH]2)COCC3)cc1C(=O)C1CC(c2ccc(C(=O)N(C)C)cc2)CCN1. The second-order valence-corrected chi connectivity index (χ2v) is 10.2. The highest BCUT2D eigenvalue weighted by Gasteiger charge is 2.30. The number of amides is 1. The quantitative estimate of drug-likeness (QED) is 0.528. The van der Waals surface area contributed by atoms with Crippen molar-refractivity contribution in [2.75, 3.05) is 27.2 Å². The van der Waals surface area contributed by atoms with E-state index in [4.69, 9.17) is 9.72 Å². The summed E-state index contributed by atoms with van der Waals surface area (Å²) in [6.45, 7) is 6.09. The van der Waals surface area contributed by atoms with Gasteiger partial charge in [0.25, 0.3) is 5.91 Å². The van der Waals surface area contributed by atoms with Crippen molar-refractivity contribution in [3.8, 4) is 11.4 Å². The Morgan fingerprint density at radius 1 is 1.08 bits per heavy atom. The molecule has 0 spiro atoms. The van der Waals surface area contributed by atoms with Gasteiger partial charge in [0.15, 0.2) is 5.78 Å². The maximum atomic E-state index is 13.7. The summed E-state index contributed by atoms with van der Waals surface area (Å²) >= 11 is 0. The number of carbonyl (C=O) groups is 2. The van der Waals surface area contributed by atoms with E-state index in [9.17, 15) is 9.59 Å². The van der Waals surface area contributed by atoms with Crippen LogP contribution in [0.5, 0.6) is 0 Å². The number of hydrogen-bond donors (Lipinski definition) is 2. The van der Waals surface area contributed by atoms with E-state index >= 15 is 0 Å². The lowest BCUT2D eigenvalue weighted by atomic mass is 9.82. The van der Waals surface area contributed by atoms with Gasteiger partial charge in [-0.15, -0.1) is 0 Å². The van der Waals surface area contributed by atoms with E-state index in [0.717, 1.165) is 65.3 Å². The Balaban J connectivity index is 1.37. The number of ketones is 1. The molecule has 0 radical (unpaired) electrons. The number of nitrogens with one attached hydrogen (secondary N) is 2. The van der Waals surface area contributed by atoms with Crippen molar-refractivity contribution in [1.29, 1.82) is 0 Å². The highest BCUT2D eigenvalue weighted by Crippen LogP contribution is 2.32. The molecule has 0 bridgehead atoms. The molecule has 3 aromatic rings. The molecule has 3 heterocycles. The normalized spacial score (nSPS) is 19.6. The predicted molar refractivity (Wildman–Crippen MR) is 139 cm³/mol. The Kier molecular flexibility index (Phi) is 6.77. The monoisotopic (exact) mass is 486 g/mol. The van der Waals surface area contributed by atoms with Crippen LogP contribution in [-0.4, -0.2) is 59.8 Å². The van der Waals surface area contributed by atoms with Gasteiger partial charge in [-0.25, -0.2) is 4.98 Å². The molecule has 36 heavy (non-hydrogen) atoms. The lowest BCUT2D eigenvalue weighted by Gasteiger charge is -2.30. The molecule has 1 aromatic heterocycles. The summed E-state index contributed by atoms with van der Waals surface area (Å²) in [5.74, 6) is 1.19. The van der Waals surface area contributed by atoms with E-state index in [-0.39, 0.29) is 23.7 Å². The second kappa shape index (κ2) is 9.99. The number of hydrogen-bond acceptors (Lipinski definition) is 5. The van der Waals surface area contributed by atoms with Gasteiger partial charge >= 0.3 is 0 Å². The number of imidazole rings is 1. The minimum atomic E-state index is -0.251. The number of aryl methyl sites for hydroxylation is 2. The molecule has 2 N–H and O–H groups in total. The molecule has 2 aromatic carbocycles. The lowest BCUT2D eigenvalue weighted by molar-refractivity contribution is 0.0827. The van der Waals surface area contributed by atoms with Crippen molar-refractivity contribution in [2.24, 2.45) is 0 Å². The van der Waals surface area contributed by atoms with Gasteiger partial charge < -0.3 is 19.9 Å². The van der Waals surface area contributed by atoms with Crippen LogP contribution in [-0.2, 0) is 17.8 Å². The first-order chi connectivity index (χ1) is 17.3. The zero-order valence-electron chi connectivity index (χ0n) is 21.5. The lowest BCUT2D eigenvalue weighted by Crippen LogP contribution is -2.43. The van der Waals surface area contributed by atoms with Crippen LogP contribution in [0.25, 0.3) is 11.4 Å². The molecule has 1 fully saturated rings. The average molecular weight is 487 g/mol. The molecular weight excluding hydrogens is 452 g/mol. The van der Waals surface area contributed by atoms with E-state index in [1.54, 1.807) is 19.0 Å². The summed E-state index contributed by atoms with van der Waals surface area (Å²) in [6, 6.07) is 11.7. The van der Waals surface area contributed by atoms with Gasteiger partial charge in [-0.3, -0.25) is 9.59 Å². The summed E-state index contributed by atoms with van der Waals surface area (Å²) in [6.07, 6.45) is 2.50. The molecule has 7 nitrogen and oxygen atoms in total. The van der Waals surface area contributed by atoms with E-state index < -0.39 is 0 Å². The van der Waals surface area contributed by atoms with Crippen LogP contribution in [0.3, 0.4) is 0 Å². The van der Waals surface area contributed by atoms with Crippen LogP contribution in [0.1, 0.15) is 67.6 Å². The summed E-state index contributed by atoms with van der Waals surface area (Å²) < 4.78 is 5.56. The molecule has 0 saturated carbocycles. The first-order valence-corrected chi connectivity index (χ1v) is 12.7. The van der Waals surface area contributed by atoms with Crippen molar-refractivity contribution in [2.45, 2.75) is 51.7 Å². The second-order valence-electron chi connectivity index (χ2n) is 10.2. The molecule has 0 aliphatic carbocycles. The highest BCUT2D eigenvalue weighted by atomic mass is 16.5. The van der Waals surface area contributed by atoms with Gasteiger partial charge in [-0.1, -0.05) is 18.2 Å². The number of ether oxygens (including phenoxy) is 1. The fourth-order valence-electron chi connectivity index (χ4n) is 5.38. The van der Waals surface area contributed by atoms with Crippen LogP contribution in [0.4, 0.5) is 0 Å². The third-order valence-corrected chi connectivity index (χ3v) is 7.44. The largest absolute Gasteiger partial charge is 0.375 e. The van der Waals surface area contributed by atoms with Crippen LogP contribution < -0.4 is 5.32 Å². The van der Waals surface area contributed by atoms with E-state index in [0.29, 0.717) is 18.8 Å². The molecule has 188 valence electrons. The Morgan fingerprint density at radius 3 is 2.58 bits per heavy atom. The zero-order chi connectivity index (χ0) is 25.4. The van der Waals surface area contributed by atoms with Crippen molar-refractivity contribution in [3.05, 3.63) is 75.6 Å². The van der Waals surface area contributed by atoms with Gasteiger partial charge in [0.05, 0.1) is 30.6 Å². The van der Waals surface area contributed by atoms with Gasteiger partial charge in [0.1, 0.15) is 5.82 Å². The Morgan fingerprint density at radius 2 is 1.86 bits per heavy atom. The summed E-state index contributed by atoms with van der Waals surface area (Å²) in [4.78, 5) is 35.8. The topological polar surface area (TPSA) is 87.3 Å². The maximum absolute atomic E-state index is 13.7. The Bertz CT molecular complexity index is 1270. The van der Waals surface area contributed by atoms with Crippen molar-refractivity contribution in [1.82, 2.24) is 20.2 Å². The number of H-pyrrole nitrogens is 1. The van der Waals surface area contributed by atoms with Gasteiger partial charge in [-0.05, 0) is 74.0 Å².